The summed E-state index contributed by atoms with van der Waals surface area (Å²) in [5.74, 6) is 0.705. The Morgan fingerprint density at radius 3 is 1.81 bits per heavy atom. The third-order valence-electron chi connectivity index (χ3n) is 2.58. The Morgan fingerprint density at radius 1 is 0.938 bits per heavy atom. The van der Waals surface area contributed by atoms with Gasteiger partial charge in [-0.25, -0.2) is 0 Å². The standard InChI is InChI=1S/C12H27ClO2Si/c1-4-6-10-14-16(3,12-8-9-13)15-11-7-5-2/h4-12H2,1-3H3. The predicted molar refractivity (Wildman–Crippen MR) is 73.5 cm³/mol. The summed E-state index contributed by atoms with van der Waals surface area (Å²) < 4.78 is 12.0. The highest BCUT2D eigenvalue weighted by atomic mass is 35.5. The second-order valence-electron chi connectivity index (χ2n) is 4.33. The van der Waals surface area contributed by atoms with Crippen molar-refractivity contribution in [2.24, 2.45) is 0 Å². The van der Waals surface area contributed by atoms with E-state index in [0.29, 0.717) is 5.88 Å². The third-order valence-corrected chi connectivity index (χ3v) is 5.73. The van der Waals surface area contributed by atoms with E-state index in [1.54, 1.807) is 0 Å². The molecule has 0 aromatic heterocycles. The van der Waals surface area contributed by atoms with Crippen LogP contribution in [0.2, 0.25) is 12.6 Å². The van der Waals surface area contributed by atoms with Gasteiger partial charge < -0.3 is 8.85 Å². The van der Waals surface area contributed by atoms with Crippen molar-refractivity contribution in [1.29, 1.82) is 0 Å². The minimum Gasteiger partial charge on any atom is -0.394 e. The first-order valence-electron chi connectivity index (χ1n) is 6.52. The van der Waals surface area contributed by atoms with Gasteiger partial charge in [0.15, 0.2) is 0 Å². The summed E-state index contributed by atoms with van der Waals surface area (Å²) in [5.41, 5.74) is 0. The maximum atomic E-state index is 5.98. The molecular weight excluding hydrogens is 240 g/mol. The van der Waals surface area contributed by atoms with Crippen LogP contribution in [0.3, 0.4) is 0 Å². The zero-order valence-electron chi connectivity index (χ0n) is 11.1. The molecule has 0 unspecified atom stereocenters. The van der Waals surface area contributed by atoms with Crippen LogP contribution in [0.5, 0.6) is 0 Å². The van der Waals surface area contributed by atoms with E-state index in [0.717, 1.165) is 38.5 Å². The van der Waals surface area contributed by atoms with Crippen molar-refractivity contribution in [2.75, 3.05) is 19.1 Å². The van der Waals surface area contributed by atoms with Crippen molar-refractivity contribution in [3.8, 4) is 0 Å². The van der Waals surface area contributed by atoms with E-state index in [1.807, 2.05) is 0 Å². The smallest absolute Gasteiger partial charge is 0.334 e. The van der Waals surface area contributed by atoms with Gasteiger partial charge in [-0.2, -0.15) is 0 Å². The highest BCUT2D eigenvalue weighted by Gasteiger charge is 2.30. The minimum atomic E-state index is -1.93. The van der Waals surface area contributed by atoms with E-state index in [2.05, 4.69) is 20.4 Å². The summed E-state index contributed by atoms with van der Waals surface area (Å²) in [6, 6.07) is 1.02. The molecule has 0 aliphatic rings. The quantitative estimate of drug-likeness (QED) is 0.315. The lowest BCUT2D eigenvalue weighted by Gasteiger charge is -2.27. The van der Waals surface area contributed by atoms with Crippen molar-refractivity contribution < 1.29 is 8.85 Å². The molecule has 0 rings (SSSR count). The maximum Gasteiger partial charge on any atom is 0.334 e. The molecule has 0 saturated carbocycles. The lowest BCUT2D eigenvalue weighted by Crippen LogP contribution is -2.39. The number of rotatable bonds is 11. The summed E-state index contributed by atoms with van der Waals surface area (Å²) in [4.78, 5) is 0. The van der Waals surface area contributed by atoms with Crippen molar-refractivity contribution in [3.05, 3.63) is 0 Å². The topological polar surface area (TPSA) is 18.5 Å². The summed E-state index contributed by atoms with van der Waals surface area (Å²) >= 11 is 5.74. The first-order chi connectivity index (χ1) is 7.68. The molecule has 0 aromatic carbocycles. The van der Waals surface area contributed by atoms with Gasteiger partial charge in [-0.3, -0.25) is 0 Å². The Hall–Kier alpha value is 0.427. The average molecular weight is 267 g/mol. The Balaban J connectivity index is 3.91. The monoisotopic (exact) mass is 266 g/mol. The molecule has 0 saturated heterocycles. The second kappa shape index (κ2) is 10.6. The molecule has 0 fully saturated rings. The summed E-state index contributed by atoms with van der Waals surface area (Å²) in [6.45, 7) is 8.21. The molecule has 0 aromatic rings. The molecule has 0 spiro atoms. The number of unbranched alkanes of at least 4 members (excludes halogenated alkanes) is 2. The summed E-state index contributed by atoms with van der Waals surface area (Å²) in [5, 5.41) is 0. The molecule has 16 heavy (non-hydrogen) atoms. The van der Waals surface area contributed by atoms with Gasteiger partial charge in [0.05, 0.1) is 0 Å². The van der Waals surface area contributed by atoms with Gasteiger partial charge in [0.2, 0.25) is 0 Å². The van der Waals surface area contributed by atoms with Gasteiger partial charge in [-0.05, 0) is 31.9 Å². The zero-order chi connectivity index (χ0) is 12.3. The Labute approximate surface area is 107 Å². The van der Waals surface area contributed by atoms with Crippen molar-refractivity contribution in [3.63, 3.8) is 0 Å². The fourth-order valence-corrected chi connectivity index (χ4v) is 4.14. The summed E-state index contributed by atoms with van der Waals surface area (Å²) in [6.07, 6.45) is 5.60. The van der Waals surface area contributed by atoms with Gasteiger partial charge >= 0.3 is 8.56 Å². The van der Waals surface area contributed by atoms with Crippen molar-refractivity contribution in [2.45, 2.75) is 58.5 Å². The Morgan fingerprint density at radius 2 is 1.44 bits per heavy atom. The fourth-order valence-electron chi connectivity index (χ4n) is 1.44. The average Bonchev–Trinajstić information content (AvgIpc) is 2.27. The van der Waals surface area contributed by atoms with Crippen LogP contribution in [-0.4, -0.2) is 27.7 Å². The normalized spacial score (nSPS) is 12.0. The lowest BCUT2D eigenvalue weighted by molar-refractivity contribution is 0.168. The van der Waals surface area contributed by atoms with Crippen LogP contribution in [0.1, 0.15) is 46.0 Å². The van der Waals surface area contributed by atoms with Gasteiger partial charge in [0.1, 0.15) is 0 Å². The molecule has 0 aliphatic heterocycles. The molecule has 0 heterocycles. The van der Waals surface area contributed by atoms with Crippen molar-refractivity contribution >= 4 is 20.2 Å². The van der Waals surface area contributed by atoms with E-state index in [4.69, 9.17) is 20.5 Å². The van der Waals surface area contributed by atoms with Gasteiger partial charge in [-0.1, -0.05) is 26.7 Å². The molecular formula is C12H27ClO2Si. The Bertz CT molecular complexity index is 146. The Kier molecular flexibility index (Phi) is 10.9. The van der Waals surface area contributed by atoms with Crippen LogP contribution >= 0.6 is 11.6 Å². The van der Waals surface area contributed by atoms with Gasteiger partial charge in [0, 0.05) is 19.1 Å². The zero-order valence-corrected chi connectivity index (χ0v) is 12.8. The predicted octanol–water partition coefficient (Wildman–Crippen LogP) is 4.32. The van der Waals surface area contributed by atoms with Crippen LogP contribution in [0.15, 0.2) is 0 Å². The number of halogens is 1. The van der Waals surface area contributed by atoms with E-state index in [9.17, 15) is 0 Å². The van der Waals surface area contributed by atoms with E-state index >= 15 is 0 Å². The van der Waals surface area contributed by atoms with Crippen LogP contribution in [-0.2, 0) is 8.85 Å². The maximum absolute atomic E-state index is 5.98. The molecule has 0 amide bonds. The third kappa shape index (κ3) is 8.56. The van der Waals surface area contributed by atoms with E-state index in [1.165, 1.54) is 12.8 Å². The highest BCUT2D eigenvalue weighted by Crippen LogP contribution is 2.17. The number of hydrogen-bond acceptors (Lipinski definition) is 2. The minimum absolute atomic E-state index is 0.705. The van der Waals surface area contributed by atoms with Crippen LogP contribution in [0.4, 0.5) is 0 Å². The van der Waals surface area contributed by atoms with E-state index < -0.39 is 8.56 Å². The highest BCUT2D eigenvalue weighted by molar-refractivity contribution is 6.66. The van der Waals surface area contributed by atoms with E-state index in [-0.39, 0.29) is 0 Å². The first-order valence-corrected chi connectivity index (χ1v) is 9.58. The second-order valence-corrected chi connectivity index (χ2v) is 8.05. The molecule has 0 N–H and O–H groups in total. The largest absolute Gasteiger partial charge is 0.394 e. The molecule has 4 heteroatoms. The SMILES string of the molecule is CCCCO[Si](C)(CCCCl)OCCCC. The van der Waals surface area contributed by atoms with Crippen molar-refractivity contribution in [1.82, 2.24) is 0 Å². The molecule has 0 atom stereocenters. The van der Waals surface area contributed by atoms with Crippen LogP contribution in [0.25, 0.3) is 0 Å². The molecule has 0 aliphatic carbocycles. The molecule has 98 valence electrons. The number of alkyl halides is 1. The summed E-state index contributed by atoms with van der Waals surface area (Å²) in [7, 11) is -1.93. The first kappa shape index (κ1) is 16.4. The molecule has 0 bridgehead atoms. The number of hydrogen-bond donors (Lipinski definition) is 0. The van der Waals surface area contributed by atoms with Gasteiger partial charge in [0.25, 0.3) is 0 Å². The van der Waals surface area contributed by atoms with Crippen LogP contribution < -0.4 is 0 Å². The van der Waals surface area contributed by atoms with Gasteiger partial charge in [-0.15, -0.1) is 11.6 Å². The van der Waals surface area contributed by atoms with Crippen LogP contribution in [0, 0.1) is 0 Å². The molecule has 0 radical (unpaired) electrons. The molecule has 2 nitrogen and oxygen atoms in total. The lowest BCUT2D eigenvalue weighted by atomic mass is 10.4. The fraction of sp³-hybridized carbons (Fsp3) is 1.00.